The zero-order valence-corrected chi connectivity index (χ0v) is 6.29. The molecule has 0 aliphatic carbocycles. The molecule has 0 heterocycles. The molecule has 0 N–H and O–H groups in total. The molecule has 0 spiro atoms. The van der Waals surface area contributed by atoms with Gasteiger partial charge in [0.05, 0.1) is 6.07 Å². The lowest BCUT2D eigenvalue weighted by Crippen LogP contribution is -2.02. The second-order valence-corrected chi connectivity index (χ2v) is 1.84. The van der Waals surface area contributed by atoms with Crippen molar-refractivity contribution < 1.29 is 17.3 Å². The molecular weight excluding hydrogens is 187 g/mol. The van der Waals surface area contributed by atoms with Crippen molar-refractivity contribution in [1.29, 1.82) is 5.39 Å². The predicted octanol–water partition coefficient (Wildman–Crippen LogP) is 3.27. The van der Waals surface area contributed by atoms with Gasteiger partial charge in [-0.15, -0.1) is 0 Å². The lowest BCUT2D eigenvalue weighted by atomic mass is 10.3. The molecule has 1 aromatic carbocycles. The minimum Gasteiger partial charge on any atom is -0.418 e. The topological polar surface area (TPSA) is 28.1 Å². The Balaban J connectivity index is 0.000000252. The van der Waals surface area contributed by atoms with Crippen LogP contribution in [0.5, 0.6) is 0 Å². The molecule has 69 valence electrons. The maximum Gasteiger partial charge on any atom is 0.673 e. The zero-order valence-electron chi connectivity index (χ0n) is 6.29. The van der Waals surface area contributed by atoms with Gasteiger partial charge in [-0.2, -0.15) is 0 Å². The van der Waals surface area contributed by atoms with E-state index >= 15 is 0 Å². The van der Waals surface area contributed by atoms with E-state index in [4.69, 9.17) is 5.39 Å². The van der Waals surface area contributed by atoms with Crippen molar-refractivity contribution in [2.75, 3.05) is 0 Å². The van der Waals surface area contributed by atoms with E-state index in [9.17, 15) is 17.3 Å². The molecule has 0 aliphatic heterocycles. The molecule has 0 aromatic heterocycles. The summed E-state index contributed by atoms with van der Waals surface area (Å²) in [6.07, 6.45) is 0. The molecule has 0 fully saturated rings. The van der Waals surface area contributed by atoms with E-state index in [1.54, 1.807) is 18.2 Å². The number of halogens is 4. The SMILES string of the molecule is F[B-](F)(F)F.N#[N+]c1[c]cccc1. The van der Waals surface area contributed by atoms with Gasteiger partial charge < -0.3 is 17.3 Å². The number of benzene rings is 1. The second kappa shape index (κ2) is 5.14. The standard InChI is InChI=1S/C6H4N2.BF4/c7-8-6-4-2-1-3-5-6;2-1(3,4)5/h1-4H;/q+1;-1. The van der Waals surface area contributed by atoms with Crippen LogP contribution < -0.4 is 0 Å². The number of hydrogen-bond donors (Lipinski definition) is 0. The Morgan fingerprint density at radius 1 is 1.23 bits per heavy atom. The molecule has 13 heavy (non-hydrogen) atoms. The maximum absolute atomic E-state index is 9.75. The molecule has 0 amide bonds. The largest absolute Gasteiger partial charge is 0.673 e. The number of hydrogen-bond acceptors (Lipinski definition) is 1. The van der Waals surface area contributed by atoms with Gasteiger partial charge >= 0.3 is 12.9 Å². The van der Waals surface area contributed by atoms with Gasteiger partial charge in [0, 0.05) is 6.07 Å². The molecule has 1 radical (unpaired) electrons. The average molecular weight is 191 g/mol. The van der Waals surface area contributed by atoms with Gasteiger partial charge in [-0.05, 0) is 6.07 Å². The van der Waals surface area contributed by atoms with Gasteiger partial charge in [0.15, 0.2) is 4.98 Å². The third-order valence-electron chi connectivity index (χ3n) is 0.800. The monoisotopic (exact) mass is 191 g/mol. The fraction of sp³-hybridized carbons (Fsp3) is 0. The Hall–Kier alpha value is -1.58. The summed E-state index contributed by atoms with van der Waals surface area (Å²) in [6.45, 7) is 0. The van der Waals surface area contributed by atoms with E-state index in [0.29, 0.717) is 5.69 Å². The van der Waals surface area contributed by atoms with Crippen molar-refractivity contribution in [3.8, 4) is 0 Å². The molecule has 0 unspecified atom stereocenters. The minimum atomic E-state index is -6.00. The Bertz CT molecular complexity index is 273. The van der Waals surface area contributed by atoms with Crippen molar-refractivity contribution in [2.24, 2.45) is 0 Å². The van der Waals surface area contributed by atoms with E-state index in [1.165, 1.54) is 0 Å². The van der Waals surface area contributed by atoms with Crippen LogP contribution in [-0.2, 0) is 0 Å². The molecule has 0 bridgehead atoms. The van der Waals surface area contributed by atoms with Crippen LogP contribution >= 0.6 is 0 Å². The van der Waals surface area contributed by atoms with Gasteiger partial charge in [-0.3, -0.25) is 0 Å². The minimum absolute atomic E-state index is 0.465. The van der Waals surface area contributed by atoms with E-state index < -0.39 is 7.25 Å². The highest BCUT2D eigenvalue weighted by atomic mass is 19.5. The van der Waals surface area contributed by atoms with E-state index in [2.05, 4.69) is 11.0 Å². The van der Waals surface area contributed by atoms with Crippen LogP contribution in [0.25, 0.3) is 4.98 Å². The summed E-state index contributed by atoms with van der Waals surface area (Å²) in [5, 5.41) is 8.13. The van der Waals surface area contributed by atoms with Crippen LogP contribution in [-0.4, -0.2) is 7.25 Å². The highest BCUT2D eigenvalue weighted by Gasteiger charge is 2.20. The average Bonchev–Trinajstić information content (AvgIpc) is 2.03. The molecule has 0 saturated carbocycles. The summed E-state index contributed by atoms with van der Waals surface area (Å²) in [6, 6.07) is 9.66. The van der Waals surface area contributed by atoms with Crippen LogP contribution in [0.15, 0.2) is 24.3 Å². The lowest BCUT2D eigenvalue weighted by molar-refractivity contribution is 0.368. The summed E-state index contributed by atoms with van der Waals surface area (Å²) in [7, 11) is -6.00. The highest BCUT2D eigenvalue weighted by Crippen LogP contribution is 2.07. The van der Waals surface area contributed by atoms with E-state index in [-0.39, 0.29) is 0 Å². The van der Waals surface area contributed by atoms with Gasteiger partial charge in [0.2, 0.25) is 5.39 Å². The second-order valence-electron chi connectivity index (χ2n) is 1.84. The zero-order chi connectivity index (χ0) is 10.3. The molecular formula is C6H4BF4N2. The van der Waals surface area contributed by atoms with E-state index in [1.807, 2.05) is 6.07 Å². The Labute approximate surface area is 71.9 Å². The van der Waals surface area contributed by atoms with Gasteiger partial charge in [-0.25, -0.2) is 0 Å². The first-order valence-corrected chi connectivity index (χ1v) is 3.12. The van der Waals surface area contributed by atoms with Crippen LogP contribution in [0.2, 0.25) is 0 Å². The van der Waals surface area contributed by atoms with Gasteiger partial charge in [0.1, 0.15) is 0 Å². The summed E-state index contributed by atoms with van der Waals surface area (Å²) >= 11 is 0. The Morgan fingerprint density at radius 2 is 1.77 bits per heavy atom. The summed E-state index contributed by atoms with van der Waals surface area (Å²) in [5.74, 6) is 0. The molecule has 1 rings (SSSR count). The Morgan fingerprint density at radius 3 is 2.00 bits per heavy atom. The molecule has 2 nitrogen and oxygen atoms in total. The summed E-state index contributed by atoms with van der Waals surface area (Å²) in [4.78, 5) is 2.92. The van der Waals surface area contributed by atoms with Crippen molar-refractivity contribution in [3.05, 3.63) is 35.3 Å². The number of diazo groups is 1. The van der Waals surface area contributed by atoms with Crippen LogP contribution in [0.4, 0.5) is 23.0 Å². The first-order valence-electron chi connectivity index (χ1n) is 3.12. The molecule has 0 aliphatic rings. The van der Waals surface area contributed by atoms with Crippen molar-refractivity contribution in [1.82, 2.24) is 0 Å². The predicted molar refractivity (Wildman–Crippen MR) is 40.2 cm³/mol. The Kier molecular flexibility index (Phi) is 4.52. The van der Waals surface area contributed by atoms with Crippen molar-refractivity contribution in [2.45, 2.75) is 0 Å². The first-order chi connectivity index (χ1) is 5.93. The fourth-order valence-electron chi connectivity index (χ4n) is 0.446. The quantitative estimate of drug-likeness (QED) is 0.351. The number of nitrogens with zero attached hydrogens (tertiary/aromatic N) is 2. The van der Waals surface area contributed by atoms with Gasteiger partial charge in [-0.1, -0.05) is 12.1 Å². The third kappa shape index (κ3) is 10.4. The maximum atomic E-state index is 9.75. The van der Waals surface area contributed by atoms with Crippen LogP contribution in [0.3, 0.4) is 0 Å². The number of rotatable bonds is 0. The summed E-state index contributed by atoms with van der Waals surface area (Å²) < 4.78 is 39.0. The fourth-order valence-corrected chi connectivity index (χ4v) is 0.446. The summed E-state index contributed by atoms with van der Waals surface area (Å²) in [5.41, 5.74) is 0.465. The highest BCUT2D eigenvalue weighted by molar-refractivity contribution is 6.50. The van der Waals surface area contributed by atoms with E-state index in [0.717, 1.165) is 0 Å². The van der Waals surface area contributed by atoms with Crippen molar-refractivity contribution >= 4 is 12.9 Å². The molecule has 0 saturated heterocycles. The van der Waals surface area contributed by atoms with Crippen molar-refractivity contribution in [3.63, 3.8) is 0 Å². The molecule has 0 atom stereocenters. The van der Waals surface area contributed by atoms with Gasteiger partial charge in [0.25, 0.3) is 0 Å². The van der Waals surface area contributed by atoms with Crippen LogP contribution in [0.1, 0.15) is 0 Å². The third-order valence-corrected chi connectivity index (χ3v) is 0.800. The lowest BCUT2D eigenvalue weighted by Gasteiger charge is -1.94. The normalized spacial score (nSPS) is 9.46. The van der Waals surface area contributed by atoms with Crippen LogP contribution in [0, 0.1) is 11.5 Å². The smallest absolute Gasteiger partial charge is 0.418 e. The first kappa shape index (κ1) is 11.4. The molecule has 7 heteroatoms. The molecule has 1 aromatic rings.